The summed E-state index contributed by atoms with van der Waals surface area (Å²) in [6.07, 6.45) is 0.812. The van der Waals surface area contributed by atoms with Gasteiger partial charge in [-0.25, -0.2) is 0 Å². The summed E-state index contributed by atoms with van der Waals surface area (Å²) in [5, 5.41) is 17.4. The number of ketones is 4. The maximum Gasteiger partial charge on any atom is 0.317 e. The molecule has 0 aliphatic rings. The highest BCUT2D eigenvalue weighted by Gasteiger charge is 2.26. The van der Waals surface area contributed by atoms with Crippen LogP contribution in [0.4, 0.5) is 0 Å². The fourth-order valence-electron chi connectivity index (χ4n) is 2.27. The smallest absolute Gasteiger partial charge is 0.317 e. The molecular formula is C18H26O8. The molecule has 0 aliphatic carbocycles. The van der Waals surface area contributed by atoms with Gasteiger partial charge in [-0.3, -0.25) is 28.8 Å². The molecule has 0 aromatic rings. The van der Waals surface area contributed by atoms with Crippen molar-refractivity contribution in [2.45, 2.75) is 71.1 Å². The van der Waals surface area contributed by atoms with Crippen LogP contribution in [-0.4, -0.2) is 45.3 Å². The Morgan fingerprint density at radius 1 is 0.577 bits per heavy atom. The summed E-state index contributed by atoms with van der Waals surface area (Å²) in [6.45, 7) is 1.88. The maximum absolute atomic E-state index is 11.7. The third kappa shape index (κ3) is 11.2. The van der Waals surface area contributed by atoms with Crippen molar-refractivity contribution in [3.05, 3.63) is 0 Å². The first-order chi connectivity index (χ1) is 12.2. The van der Waals surface area contributed by atoms with Crippen LogP contribution in [0.15, 0.2) is 0 Å². The van der Waals surface area contributed by atoms with Crippen molar-refractivity contribution < 1.29 is 39.0 Å². The van der Waals surface area contributed by atoms with E-state index in [1.165, 1.54) is 0 Å². The van der Waals surface area contributed by atoms with Crippen molar-refractivity contribution in [3.8, 4) is 0 Å². The summed E-state index contributed by atoms with van der Waals surface area (Å²) in [5.74, 6) is -5.43. The quantitative estimate of drug-likeness (QED) is 0.393. The highest BCUT2D eigenvalue weighted by molar-refractivity contribution is 5.94. The molecule has 0 atom stereocenters. The minimum atomic E-state index is -1.64. The molecular weight excluding hydrogens is 344 g/mol. The van der Waals surface area contributed by atoms with E-state index in [-0.39, 0.29) is 74.5 Å². The summed E-state index contributed by atoms with van der Waals surface area (Å²) in [7, 11) is 0. The zero-order chi connectivity index (χ0) is 20.1. The molecule has 0 heterocycles. The van der Waals surface area contributed by atoms with E-state index in [4.69, 9.17) is 10.2 Å². The van der Waals surface area contributed by atoms with Crippen LogP contribution in [0.2, 0.25) is 0 Å². The molecule has 0 saturated heterocycles. The number of aliphatic carboxylic acids is 2. The van der Waals surface area contributed by atoms with Gasteiger partial charge in [-0.2, -0.15) is 0 Å². The molecule has 0 radical (unpaired) electrons. The molecule has 8 nitrogen and oxygen atoms in total. The van der Waals surface area contributed by atoms with Crippen LogP contribution in [0.1, 0.15) is 71.1 Å². The van der Waals surface area contributed by atoms with Crippen LogP contribution in [0, 0.1) is 5.92 Å². The molecule has 0 amide bonds. The summed E-state index contributed by atoms with van der Waals surface area (Å²) in [5.41, 5.74) is 0. The maximum atomic E-state index is 11.7. The second-order valence-electron chi connectivity index (χ2n) is 6.17. The topological polar surface area (TPSA) is 143 Å². The summed E-state index contributed by atoms with van der Waals surface area (Å²) in [6, 6.07) is 0. The van der Waals surface area contributed by atoms with Crippen LogP contribution in [0.3, 0.4) is 0 Å². The highest BCUT2D eigenvalue weighted by Crippen LogP contribution is 2.11. The first kappa shape index (κ1) is 23.6. The largest absolute Gasteiger partial charge is 0.481 e. The number of carbonyl (C=O) groups excluding carboxylic acids is 4. The third-order valence-electron chi connectivity index (χ3n) is 3.88. The van der Waals surface area contributed by atoms with Gasteiger partial charge in [0.05, 0.1) is 0 Å². The lowest BCUT2D eigenvalue weighted by Gasteiger charge is -2.06. The average Bonchev–Trinajstić information content (AvgIpc) is 2.56. The van der Waals surface area contributed by atoms with Crippen molar-refractivity contribution in [2.24, 2.45) is 5.92 Å². The lowest BCUT2D eigenvalue weighted by atomic mass is 9.98. The molecule has 0 unspecified atom stereocenters. The Morgan fingerprint density at radius 3 is 1.19 bits per heavy atom. The van der Waals surface area contributed by atoms with Crippen LogP contribution < -0.4 is 0 Å². The average molecular weight is 370 g/mol. The molecule has 0 fully saturated rings. The second kappa shape index (κ2) is 12.9. The fraction of sp³-hybridized carbons (Fsp3) is 0.667. The van der Waals surface area contributed by atoms with E-state index in [0.717, 1.165) is 6.42 Å². The van der Waals surface area contributed by atoms with Crippen LogP contribution in [0.5, 0.6) is 0 Å². The second-order valence-corrected chi connectivity index (χ2v) is 6.17. The lowest BCUT2D eigenvalue weighted by Crippen LogP contribution is -2.24. The summed E-state index contributed by atoms with van der Waals surface area (Å²) in [4.78, 5) is 67.7. The molecule has 0 aliphatic heterocycles. The van der Waals surface area contributed by atoms with Crippen LogP contribution in [-0.2, 0) is 28.8 Å². The predicted octanol–water partition coefficient (Wildman–Crippen LogP) is 1.97. The highest BCUT2D eigenvalue weighted by atomic mass is 16.4. The van der Waals surface area contributed by atoms with Crippen molar-refractivity contribution in [1.29, 1.82) is 0 Å². The van der Waals surface area contributed by atoms with Gasteiger partial charge in [0, 0.05) is 51.4 Å². The molecule has 2 N–H and O–H groups in total. The Morgan fingerprint density at radius 2 is 0.885 bits per heavy atom. The zero-order valence-corrected chi connectivity index (χ0v) is 15.0. The normalized spacial score (nSPS) is 10.5. The van der Waals surface area contributed by atoms with Crippen molar-refractivity contribution in [2.75, 3.05) is 0 Å². The van der Waals surface area contributed by atoms with E-state index in [1.54, 1.807) is 0 Å². The monoisotopic (exact) mass is 370 g/mol. The van der Waals surface area contributed by atoms with E-state index < -0.39 is 17.9 Å². The number of carboxylic acid groups (broad SMARTS) is 2. The van der Waals surface area contributed by atoms with E-state index in [0.29, 0.717) is 6.42 Å². The van der Waals surface area contributed by atoms with Crippen molar-refractivity contribution in [1.82, 2.24) is 0 Å². The molecule has 0 rings (SSSR count). The number of hydrogen-bond donors (Lipinski definition) is 2. The van der Waals surface area contributed by atoms with E-state index in [9.17, 15) is 28.8 Å². The Kier molecular flexibility index (Phi) is 11.7. The molecule has 8 heteroatoms. The lowest BCUT2D eigenvalue weighted by molar-refractivity contribution is -0.154. The van der Waals surface area contributed by atoms with Gasteiger partial charge in [-0.05, 0) is 12.8 Å². The van der Waals surface area contributed by atoms with Gasteiger partial charge < -0.3 is 10.2 Å². The van der Waals surface area contributed by atoms with E-state index in [2.05, 4.69) is 0 Å². The Hall–Kier alpha value is -2.38. The number of carboxylic acids is 2. The predicted molar refractivity (Wildman–Crippen MR) is 90.6 cm³/mol. The first-order valence-corrected chi connectivity index (χ1v) is 8.69. The summed E-state index contributed by atoms with van der Waals surface area (Å²) < 4.78 is 0. The van der Waals surface area contributed by atoms with Crippen LogP contribution in [0.25, 0.3) is 0 Å². The molecule has 0 saturated carbocycles. The van der Waals surface area contributed by atoms with Gasteiger partial charge >= 0.3 is 11.9 Å². The minimum absolute atomic E-state index is 0.000951. The van der Waals surface area contributed by atoms with Gasteiger partial charge in [0.1, 0.15) is 23.1 Å². The molecule has 0 aromatic carbocycles. The molecule has 0 aromatic heterocycles. The van der Waals surface area contributed by atoms with Gasteiger partial charge in [0.2, 0.25) is 0 Å². The Labute approximate surface area is 152 Å². The Balaban J connectivity index is 3.98. The van der Waals surface area contributed by atoms with Gasteiger partial charge in [-0.15, -0.1) is 0 Å². The Bertz CT molecular complexity index is 535. The standard InChI is InChI=1S/C18H26O8/c1-2-3-12(19)4-5-13(20)6-7-14(21)8-9-15(22)10-11-16(17(23)24)18(25)26/h16H,2-11H2,1H3,(H,23,24)(H,25,26). The molecule has 26 heavy (non-hydrogen) atoms. The first-order valence-electron chi connectivity index (χ1n) is 8.69. The third-order valence-corrected chi connectivity index (χ3v) is 3.88. The van der Waals surface area contributed by atoms with E-state index in [1.807, 2.05) is 6.92 Å². The van der Waals surface area contributed by atoms with E-state index >= 15 is 0 Å². The minimum Gasteiger partial charge on any atom is -0.481 e. The fourth-order valence-corrected chi connectivity index (χ4v) is 2.27. The van der Waals surface area contributed by atoms with Crippen molar-refractivity contribution in [3.63, 3.8) is 0 Å². The summed E-state index contributed by atoms with van der Waals surface area (Å²) >= 11 is 0. The van der Waals surface area contributed by atoms with Gasteiger partial charge in [0.15, 0.2) is 5.92 Å². The van der Waals surface area contributed by atoms with Gasteiger partial charge in [-0.1, -0.05) is 6.92 Å². The number of Topliss-reactive ketones (excluding diaryl/α,β-unsaturated/α-hetero) is 4. The zero-order valence-electron chi connectivity index (χ0n) is 15.0. The van der Waals surface area contributed by atoms with Crippen LogP contribution >= 0.6 is 0 Å². The number of carbonyl (C=O) groups is 6. The molecule has 146 valence electrons. The number of hydrogen-bond acceptors (Lipinski definition) is 6. The molecule has 0 spiro atoms. The van der Waals surface area contributed by atoms with Crippen molar-refractivity contribution >= 4 is 35.1 Å². The molecule has 0 bridgehead atoms. The number of rotatable bonds is 16. The SMILES string of the molecule is CCCC(=O)CCC(=O)CCC(=O)CCC(=O)CCC(C(=O)O)C(=O)O. The van der Waals surface area contributed by atoms with Gasteiger partial charge in [0.25, 0.3) is 0 Å².